The molecule has 6 nitrogen and oxygen atoms in total. The van der Waals surface area contributed by atoms with E-state index in [1.54, 1.807) is 36.4 Å². The van der Waals surface area contributed by atoms with Crippen LogP contribution in [-0.2, 0) is 6.42 Å². The van der Waals surface area contributed by atoms with E-state index in [0.29, 0.717) is 0 Å². The number of ether oxygens (including phenoxy) is 2. The van der Waals surface area contributed by atoms with Gasteiger partial charge in [-0.3, -0.25) is 0 Å². The van der Waals surface area contributed by atoms with Crippen LogP contribution < -0.4 is 9.47 Å². The molecule has 0 bridgehead atoms. The number of carbonyl (C=O) groups is 3. The number of carboxylic acid groups (broad SMARTS) is 1. The Morgan fingerprint density at radius 3 is 1.75 bits per heavy atom. The molecule has 0 atom stereocenters. The lowest BCUT2D eigenvalue weighted by molar-refractivity contribution is 0.0677. The normalized spacial score (nSPS) is 11.0. The average molecular weight is 494 g/mol. The van der Waals surface area contributed by atoms with Gasteiger partial charge in [0.25, 0.3) is 0 Å². The Bertz CT molecular complexity index is 1140. The van der Waals surface area contributed by atoms with Crippen molar-refractivity contribution in [2.24, 2.45) is 0 Å². The fraction of sp³-hybridized carbons (Fsp3) is 0.0870. The highest BCUT2D eigenvalue weighted by Crippen LogP contribution is 2.38. The van der Waals surface area contributed by atoms with E-state index < -0.39 is 21.7 Å². The number of esters is 2. The Labute approximate surface area is 198 Å². The minimum absolute atomic E-state index is 0.0405. The molecule has 0 fully saturated rings. The van der Waals surface area contributed by atoms with Crippen molar-refractivity contribution in [3.63, 3.8) is 0 Å². The Hall–Kier alpha value is -3.06. The third-order valence-electron chi connectivity index (χ3n) is 4.22. The second-order valence-electron chi connectivity index (χ2n) is 6.56. The summed E-state index contributed by atoms with van der Waals surface area (Å²) in [4.78, 5) is 36.9. The number of hydrogen-bond acceptors (Lipinski definition) is 5. The van der Waals surface area contributed by atoms with E-state index in [2.05, 4.69) is 0 Å². The van der Waals surface area contributed by atoms with Crippen molar-refractivity contribution in [1.82, 2.24) is 0 Å². The van der Waals surface area contributed by atoms with Gasteiger partial charge in [-0.1, -0.05) is 71.2 Å². The first-order valence-corrected chi connectivity index (χ1v) is 10.3. The minimum Gasteiger partial charge on any atom is -0.478 e. The van der Waals surface area contributed by atoms with Crippen LogP contribution >= 0.6 is 34.8 Å². The van der Waals surface area contributed by atoms with Gasteiger partial charge in [0.1, 0.15) is 11.5 Å². The molecule has 3 rings (SSSR count). The van der Waals surface area contributed by atoms with Gasteiger partial charge < -0.3 is 14.6 Å². The summed E-state index contributed by atoms with van der Waals surface area (Å²) in [7, 11) is 0. The van der Waals surface area contributed by atoms with Crippen LogP contribution in [0.25, 0.3) is 0 Å². The number of alkyl halides is 3. The molecule has 0 aliphatic rings. The number of halogens is 3. The van der Waals surface area contributed by atoms with E-state index in [-0.39, 0.29) is 40.2 Å². The highest BCUT2D eigenvalue weighted by molar-refractivity contribution is 6.67. The Kier molecular flexibility index (Phi) is 7.40. The van der Waals surface area contributed by atoms with Crippen molar-refractivity contribution in [3.05, 3.63) is 95.1 Å². The third-order valence-corrected chi connectivity index (χ3v) is 4.62. The van der Waals surface area contributed by atoms with Gasteiger partial charge in [-0.15, -0.1) is 0 Å². The summed E-state index contributed by atoms with van der Waals surface area (Å²) in [5.74, 6) is -3.24. The van der Waals surface area contributed by atoms with Crippen LogP contribution in [0.3, 0.4) is 0 Å². The van der Waals surface area contributed by atoms with Gasteiger partial charge in [-0.2, -0.15) is 0 Å². The smallest absolute Gasteiger partial charge is 0.343 e. The zero-order valence-corrected chi connectivity index (χ0v) is 18.5. The van der Waals surface area contributed by atoms with E-state index in [9.17, 15) is 19.5 Å². The average Bonchev–Trinajstić information content (AvgIpc) is 2.75. The van der Waals surface area contributed by atoms with Crippen LogP contribution in [0.2, 0.25) is 0 Å². The van der Waals surface area contributed by atoms with E-state index >= 15 is 0 Å². The highest BCUT2D eigenvalue weighted by atomic mass is 35.6. The summed E-state index contributed by atoms with van der Waals surface area (Å²) < 4.78 is 8.86. The molecule has 3 aromatic carbocycles. The molecular formula is C23H15Cl3O6. The molecule has 0 aliphatic carbocycles. The van der Waals surface area contributed by atoms with Crippen LogP contribution in [0.4, 0.5) is 0 Å². The van der Waals surface area contributed by atoms with Crippen molar-refractivity contribution in [2.75, 3.05) is 0 Å². The molecule has 0 radical (unpaired) electrons. The Morgan fingerprint density at radius 2 is 1.28 bits per heavy atom. The molecular weight excluding hydrogens is 479 g/mol. The van der Waals surface area contributed by atoms with Crippen LogP contribution in [0, 0.1) is 0 Å². The first-order chi connectivity index (χ1) is 15.1. The summed E-state index contributed by atoms with van der Waals surface area (Å²) in [6.45, 7) is 0. The number of carboxylic acids is 1. The first-order valence-electron chi connectivity index (χ1n) is 9.15. The predicted octanol–water partition coefficient (Wildman–Crippen LogP) is 5.74. The fourth-order valence-electron chi connectivity index (χ4n) is 2.82. The quantitative estimate of drug-likeness (QED) is 0.268. The Balaban J connectivity index is 2.04. The van der Waals surface area contributed by atoms with Crippen molar-refractivity contribution in [2.45, 2.75) is 10.2 Å². The number of aromatic carboxylic acids is 1. The zero-order chi connectivity index (χ0) is 23.3. The molecule has 0 saturated heterocycles. The van der Waals surface area contributed by atoms with Crippen LogP contribution in [0.1, 0.15) is 36.6 Å². The van der Waals surface area contributed by atoms with Gasteiger partial charge in [-0.05, 0) is 30.3 Å². The van der Waals surface area contributed by atoms with Crippen LogP contribution in [0.15, 0.2) is 72.8 Å². The van der Waals surface area contributed by atoms with Gasteiger partial charge in [-0.25, -0.2) is 14.4 Å². The van der Waals surface area contributed by atoms with E-state index in [4.69, 9.17) is 44.3 Å². The van der Waals surface area contributed by atoms with E-state index in [1.165, 1.54) is 30.3 Å². The maximum Gasteiger partial charge on any atom is 0.343 e. The standard InChI is InChI=1S/C23H15Cl3O6/c24-23(25,26)13-18-17(20(27)28)11-16(31-21(29)14-7-3-1-4-8-14)12-19(18)32-22(30)15-9-5-2-6-10-15/h1-12H,13H2,(H,27,28). The second-order valence-corrected chi connectivity index (χ2v) is 9.07. The molecule has 0 amide bonds. The molecule has 0 spiro atoms. The fourth-order valence-corrected chi connectivity index (χ4v) is 3.22. The van der Waals surface area contributed by atoms with E-state index in [0.717, 1.165) is 6.07 Å². The summed E-state index contributed by atoms with van der Waals surface area (Å²) in [5.41, 5.74) is 0.0836. The summed E-state index contributed by atoms with van der Waals surface area (Å²) >= 11 is 17.7. The molecule has 164 valence electrons. The molecule has 0 aliphatic heterocycles. The molecule has 0 saturated carbocycles. The zero-order valence-electron chi connectivity index (χ0n) is 16.3. The second kappa shape index (κ2) is 10.0. The van der Waals surface area contributed by atoms with Gasteiger partial charge in [0.2, 0.25) is 0 Å². The minimum atomic E-state index is -1.87. The van der Waals surface area contributed by atoms with Crippen molar-refractivity contribution in [1.29, 1.82) is 0 Å². The van der Waals surface area contributed by atoms with Crippen molar-refractivity contribution >= 4 is 52.7 Å². The first kappa shape index (κ1) is 23.6. The van der Waals surface area contributed by atoms with Gasteiger partial charge in [0.05, 0.1) is 16.7 Å². The van der Waals surface area contributed by atoms with Gasteiger partial charge >= 0.3 is 17.9 Å². The number of hydrogen-bond donors (Lipinski definition) is 1. The van der Waals surface area contributed by atoms with E-state index in [1.807, 2.05) is 0 Å². The predicted molar refractivity (Wildman–Crippen MR) is 120 cm³/mol. The Morgan fingerprint density at radius 1 is 0.781 bits per heavy atom. The van der Waals surface area contributed by atoms with Crippen molar-refractivity contribution < 1.29 is 29.0 Å². The number of rotatable bonds is 6. The van der Waals surface area contributed by atoms with Gasteiger partial charge in [0.15, 0.2) is 3.79 Å². The SMILES string of the molecule is O=C(Oc1cc(OC(=O)c2ccccc2)c(CC(Cl)(Cl)Cl)c(C(=O)O)c1)c1ccccc1. The molecule has 0 unspecified atom stereocenters. The largest absolute Gasteiger partial charge is 0.478 e. The maximum absolute atomic E-state index is 12.6. The number of benzene rings is 3. The molecule has 3 aromatic rings. The lowest BCUT2D eigenvalue weighted by Crippen LogP contribution is -2.17. The topological polar surface area (TPSA) is 89.9 Å². The molecule has 32 heavy (non-hydrogen) atoms. The van der Waals surface area contributed by atoms with Gasteiger partial charge in [0, 0.05) is 18.1 Å². The van der Waals surface area contributed by atoms with Crippen LogP contribution in [-0.4, -0.2) is 26.8 Å². The molecule has 1 N–H and O–H groups in total. The summed E-state index contributed by atoms with van der Waals surface area (Å²) in [6, 6.07) is 18.5. The van der Waals surface area contributed by atoms with Crippen LogP contribution in [0.5, 0.6) is 11.5 Å². The summed E-state index contributed by atoms with van der Waals surface area (Å²) in [5, 5.41) is 9.70. The number of carbonyl (C=O) groups excluding carboxylic acids is 2. The molecule has 0 heterocycles. The molecule has 0 aromatic heterocycles. The monoisotopic (exact) mass is 492 g/mol. The summed E-state index contributed by atoms with van der Waals surface area (Å²) in [6.07, 6.45) is -0.371. The maximum atomic E-state index is 12.6. The molecule has 9 heteroatoms. The third kappa shape index (κ3) is 6.23. The highest BCUT2D eigenvalue weighted by Gasteiger charge is 2.29. The van der Waals surface area contributed by atoms with Crippen molar-refractivity contribution in [3.8, 4) is 11.5 Å². The lowest BCUT2D eigenvalue weighted by Gasteiger charge is -2.18. The lowest BCUT2D eigenvalue weighted by atomic mass is 10.0.